The van der Waals surface area contributed by atoms with Gasteiger partial charge in [-0.1, -0.05) is 6.07 Å². The molecule has 5 N–H and O–H groups in total. The van der Waals surface area contributed by atoms with Crippen LogP contribution in [-0.2, 0) is 0 Å². The summed E-state index contributed by atoms with van der Waals surface area (Å²) in [5, 5.41) is 16.0. The molecule has 0 saturated heterocycles. The second-order valence-corrected chi connectivity index (χ2v) is 4.68. The van der Waals surface area contributed by atoms with E-state index in [-0.39, 0.29) is 12.6 Å². The highest BCUT2D eigenvalue weighted by Gasteiger charge is 2.03. The van der Waals surface area contributed by atoms with Crippen LogP contribution in [0.2, 0.25) is 0 Å². The molecule has 0 amide bonds. The molecule has 0 spiro atoms. The monoisotopic (exact) mass is 296 g/mol. The van der Waals surface area contributed by atoms with Crippen molar-refractivity contribution in [2.45, 2.75) is 0 Å². The Labute approximate surface area is 127 Å². The van der Waals surface area contributed by atoms with E-state index in [4.69, 9.17) is 10.8 Å². The number of fused-ring (bicyclic) bond motifs is 1. The van der Waals surface area contributed by atoms with Crippen LogP contribution < -0.4 is 16.4 Å². The third kappa shape index (κ3) is 3.21. The smallest absolute Gasteiger partial charge is 0.223 e. The minimum atomic E-state index is 0.0182. The van der Waals surface area contributed by atoms with Gasteiger partial charge >= 0.3 is 0 Å². The SMILES string of the molecule is Nc1nc(NCCO)cc(Nc2ccc3ncccc3c2)n1. The van der Waals surface area contributed by atoms with Crippen LogP contribution in [-0.4, -0.2) is 33.2 Å². The van der Waals surface area contributed by atoms with Gasteiger partial charge in [-0.2, -0.15) is 9.97 Å². The molecule has 112 valence electrons. The first-order chi connectivity index (χ1) is 10.7. The summed E-state index contributed by atoms with van der Waals surface area (Å²) in [6.45, 7) is 0.419. The molecule has 0 aliphatic heterocycles. The van der Waals surface area contributed by atoms with Crippen LogP contribution in [0.4, 0.5) is 23.3 Å². The van der Waals surface area contributed by atoms with Gasteiger partial charge in [0.2, 0.25) is 5.95 Å². The van der Waals surface area contributed by atoms with E-state index in [0.29, 0.717) is 18.2 Å². The Morgan fingerprint density at radius 1 is 1.09 bits per heavy atom. The van der Waals surface area contributed by atoms with Crippen LogP contribution in [0.1, 0.15) is 0 Å². The number of nitrogen functional groups attached to an aromatic ring is 1. The molecule has 0 atom stereocenters. The van der Waals surface area contributed by atoms with E-state index >= 15 is 0 Å². The number of nitrogens with two attached hydrogens (primary N) is 1. The van der Waals surface area contributed by atoms with Crippen molar-refractivity contribution in [2.24, 2.45) is 0 Å². The molecule has 2 aromatic heterocycles. The third-order valence-electron chi connectivity index (χ3n) is 3.04. The number of rotatable bonds is 5. The fourth-order valence-electron chi connectivity index (χ4n) is 2.11. The normalized spacial score (nSPS) is 10.6. The van der Waals surface area contributed by atoms with Crippen molar-refractivity contribution in [2.75, 3.05) is 29.5 Å². The number of nitrogens with zero attached hydrogens (tertiary/aromatic N) is 3. The maximum Gasteiger partial charge on any atom is 0.223 e. The van der Waals surface area contributed by atoms with Crippen molar-refractivity contribution < 1.29 is 5.11 Å². The summed E-state index contributed by atoms with van der Waals surface area (Å²) < 4.78 is 0. The van der Waals surface area contributed by atoms with Crippen LogP contribution in [0.15, 0.2) is 42.6 Å². The largest absolute Gasteiger partial charge is 0.395 e. The van der Waals surface area contributed by atoms with E-state index in [9.17, 15) is 0 Å². The van der Waals surface area contributed by atoms with Gasteiger partial charge in [0.15, 0.2) is 0 Å². The summed E-state index contributed by atoms with van der Waals surface area (Å²) in [5.41, 5.74) is 7.51. The third-order valence-corrected chi connectivity index (χ3v) is 3.04. The summed E-state index contributed by atoms with van der Waals surface area (Å²) in [5.74, 6) is 1.30. The second kappa shape index (κ2) is 6.23. The van der Waals surface area contributed by atoms with Gasteiger partial charge in [-0.15, -0.1) is 0 Å². The Morgan fingerprint density at radius 2 is 1.95 bits per heavy atom. The summed E-state index contributed by atoms with van der Waals surface area (Å²) in [6.07, 6.45) is 1.76. The summed E-state index contributed by atoms with van der Waals surface area (Å²) >= 11 is 0. The highest BCUT2D eigenvalue weighted by atomic mass is 16.3. The van der Waals surface area contributed by atoms with Gasteiger partial charge in [0.05, 0.1) is 12.1 Å². The summed E-state index contributed by atoms with van der Waals surface area (Å²) in [7, 11) is 0. The topological polar surface area (TPSA) is 109 Å². The zero-order chi connectivity index (χ0) is 15.4. The first kappa shape index (κ1) is 14.0. The lowest BCUT2D eigenvalue weighted by atomic mass is 10.2. The lowest BCUT2D eigenvalue weighted by Gasteiger charge is -2.10. The lowest BCUT2D eigenvalue weighted by Crippen LogP contribution is -2.09. The van der Waals surface area contributed by atoms with Gasteiger partial charge in [-0.05, 0) is 24.3 Å². The minimum absolute atomic E-state index is 0.0182. The number of anilines is 4. The fourth-order valence-corrected chi connectivity index (χ4v) is 2.11. The van der Waals surface area contributed by atoms with E-state index in [1.165, 1.54) is 0 Å². The second-order valence-electron chi connectivity index (χ2n) is 4.68. The van der Waals surface area contributed by atoms with Crippen LogP contribution in [0.5, 0.6) is 0 Å². The maximum absolute atomic E-state index is 8.84. The van der Waals surface area contributed by atoms with Gasteiger partial charge in [-0.3, -0.25) is 4.98 Å². The quantitative estimate of drug-likeness (QED) is 0.568. The molecule has 3 rings (SSSR count). The highest BCUT2D eigenvalue weighted by molar-refractivity contribution is 5.83. The molecule has 7 nitrogen and oxygen atoms in total. The predicted octanol–water partition coefficient (Wildman–Crippen LogP) is 1.75. The molecular weight excluding hydrogens is 280 g/mol. The number of aliphatic hydroxyl groups is 1. The maximum atomic E-state index is 8.84. The first-order valence-corrected chi connectivity index (χ1v) is 6.86. The van der Waals surface area contributed by atoms with E-state index < -0.39 is 0 Å². The zero-order valence-electron chi connectivity index (χ0n) is 11.8. The van der Waals surface area contributed by atoms with Gasteiger partial charge in [0.25, 0.3) is 0 Å². The van der Waals surface area contributed by atoms with Crippen LogP contribution in [0.3, 0.4) is 0 Å². The Bertz CT molecular complexity index is 792. The number of aliphatic hydroxyl groups excluding tert-OH is 1. The molecule has 2 heterocycles. The molecule has 0 aliphatic rings. The number of hydrogen-bond acceptors (Lipinski definition) is 7. The average molecular weight is 296 g/mol. The van der Waals surface area contributed by atoms with Gasteiger partial charge in [0, 0.05) is 29.9 Å². The molecule has 7 heteroatoms. The first-order valence-electron chi connectivity index (χ1n) is 6.86. The Morgan fingerprint density at radius 3 is 2.82 bits per heavy atom. The van der Waals surface area contributed by atoms with E-state index in [1.54, 1.807) is 12.3 Å². The van der Waals surface area contributed by atoms with Crippen molar-refractivity contribution in [1.29, 1.82) is 0 Å². The van der Waals surface area contributed by atoms with Crippen molar-refractivity contribution in [3.05, 3.63) is 42.6 Å². The van der Waals surface area contributed by atoms with Gasteiger partial charge in [0.1, 0.15) is 11.6 Å². The molecular formula is C15H16N6O. The van der Waals surface area contributed by atoms with Gasteiger partial charge < -0.3 is 21.5 Å². The van der Waals surface area contributed by atoms with Crippen LogP contribution in [0.25, 0.3) is 10.9 Å². The van der Waals surface area contributed by atoms with Crippen molar-refractivity contribution in [3.8, 4) is 0 Å². The van der Waals surface area contributed by atoms with E-state index in [1.807, 2.05) is 30.3 Å². The molecule has 0 radical (unpaired) electrons. The fraction of sp³-hybridized carbons (Fsp3) is 0.133. The Balaban J connectivity index is 1.85. The molecule has 1 aromatic carbocycles. The number of hydrogen-bond donors (Lipinski definition) is 4. The molecule has 0 bridgehead atoms. The Hall–Kier alpha value is -2.93. The van der Waals surface area contributed by atoms with Crippen molar-refractivity contribution >= 4 is 34.2 Å². The molecule has 22 heavy (non-hydrogen) atoms. The minimum Gasteiger partial charge on any atom is -0.395 e. The zero-order valence-corrected chi connectivity index (χ0v) is 11.8. The molecule has 0 aliphatic carbocycles. The van der Waals surface area contributed by atoms with Crippen LogP contribution >= 0.6 is 0 Å². The average Bonchev–Trinajstić information content (AvgIpc) is 2.52. The molecule has 0 unspecified atom stereocenters. The standard InChI is InChI=1S/C15H16N6O/c16-15-20-13(18-6-7-22)9-14(21-15)19-11-3-4-12-10(8-11)2-1-5-17-12/h1-5,8-9,22H,6-7H2,(H4,16,18,19,20,21). The highest BCUT2D eigenvalue weighted by Crippen LogP contribution is 2.21. The lowest BCUT2D eigenvalue weighted by molar-refractivity contribution is 0.311. The number of nitrogens with one attached hydrogen (secondary N) is 2. The van der Waals surface area contributed by atoms with Crippen LogP contribution in [0, 0.1) is 0 Å². The van der Waals surface area contributed by atoms with Gasteiger partial charge in [-0.25, -0.2) is 0 Å². The Kier molecular flexibility index (Phi) is 3.97. The van der Waals surface area contributed by atoms with E-state index in [0.717, 1.165) is 16.6 Å². The van der Waals surface area contributed by atoms with Crippen molar-refractivity contribution in [3.63, 3.8) is 0 Å². The predicted molar refractivity (Wildman–Crippen MR) is 87.0 cm³/mol. The number of pyridine rings is 1. The summed E-state index contributed by atoms with van der Waals surface area (Å²) in [6, 6.07) is 11.5. The molecule has 3 aromatic rings. The molecule has 0 fully saturated rings. The summed E-state index contributed by atoms with van der Waals surface area (Å²) in [4.78, 5) is 12.5. The number of aromatic nitrogens is 3. The van der Waals surface area contributed by atoms with Crippen molar-refractivity contribution in [1.82, 2.24) is 15.0 Å². The molecule has 0 saturated carbocycles. The van der Waals surface area contributed by atoms with E-state index in [2.05, 4.69) is 25.6 Å². The number of benzene rings is 1.